The molecule has 2 saturated carbocycles. The van der Waals surface area contributed by atoms with Crippen LogP contribution >= 0.6 is 0 Å². The average Bonchev–Trinajstić information content (AvgIpc) is 3.31. The smallest absolute Gasteiger partial charge is 0.307 e. The van der Waals surface area contributed by atoms with Crippen molar-refractivity contribution in [1.29, 1.82) is 0 Å². The largest absolute Gasteiger partial charge is 0.481 e. The van der Waals surface area contributed by atoms with Crippen LogP contribution in [0.2, 0.25) is 0 Å². The number of benzene rings is 1. The molecule has 0 aliphatic heterocycles. The van der Waals surface area contributed by atoms with Crippen molar-refractivity contribution in [3.63, 3.8) is 0 Å². The lowest BCUT2D eigenvalue weighted by atomic mass is 9.62. The third-order valence-corrected chi connectivity index (χ3v) is 6.16. The van der Waals surface area contributed by atoms with Crippen LogP contribution in [0.25, 0.3) is 0 Å². The van der Waals surface area contributed by atoms with Gasteiger partial charge in [-0.15, -0.1) is 0 Å². The number of aryl methyl sites for hydroxylation is 3. The molecule has 0 spiro atoms. The van der Waals surface area contributed by atoms with Crippen LogP contribution in [-0.2, 0) is 9.59 Å². The minimum atomic E-state index is -0.836. The number of carboxylic acid groups (broad SMARTS) is 1. The minimum absolute atomic E-state index is 0.0217. The van der Waals surface area contributed by atoms with Crippen molar-refractivity contribution in [2.45, 2.75) is 27.2 Å². The first-order valence-corrected chi connectivity index (χ1v) is 8.68. The van der Waals surface area contributed by atoms with Crippen molar-refractivity contribution in [3.8, 4) is 0 Å². The first kappa shape index (κ1) is 15.4. The van der Waals surface area contributed by atoms with Crippen LogP contribution in [-0.4, -0.2) is 17.0 Å². The molecule has 126 valence electrons. The van der Waals surface area contributed by atoms with E-state index in [1.807, 2.05) is 39.0 Å². The van der Waals surface area contributed by atoms with Crippen LogP contribution in [0.1, 0.15) is 23.1 Å². The normalized spacial score (nSPS) is 35.5. The quantitative estimate of drug-likeness (QED) is 0.838. The summed E-state index contributed by atoms with van der Waals surface area (Å²) in [6.45, 7) is 5.99. The molecule has 0 unspecified atom stereocenters. The van der Waals surface area contributed by atoms with Gasteiger partial charge in [0.15, 0.2) is 0 Å². The zero-order chi connectivity index (χ0) is 17.2. The Morgan fingerprint density at radius 2 is 1.54 bits per heavy atom. The number of rotatable bonds is 3. The Balaban J connectivity index is 1.65. The van der Waals surface area contributed by atoms with E-state index in [1.54, 1.807) is 0 Å². The maximum atomic E-state index is 13.0. The number of carbonyl (C=O) groups excluding carboxylic acids is 1. The second kappa shape index (κ2) is 5.20. The molecule has 4 aliphatic carbocycles. The summed E-state index contributed by atoms with van der Waals surface area (Å²) in [6.07, 6.45) is 5.21. The van der Waals surface area contributed by atoms with Gasteiger partial charge in [-0.1, -0.05) is 29.8 Å². The van der Waals surface area contributed by atoms with Gasteiger partial charge in [0.2, 0.25) is 5.91 Å². The molecular weight excluding hydrogens is 302 g/mol. The first-order chi connectivity index (χ1) is 11.4. The number of amides is 1. The molecule has 24 heavy (non-hydrogen) atoms. The second-order valence-electron chi connectivity index (χ2n) is 7.76. The summed E-state index contributed by atoms with van der Waals surface area (Å²) in [5, 5.41) is 12.8. The summed E-state index contributed by atoms with van der Waals surface area (Å²) in [5.41, 5.74) is 4.03. The predicted octanol–water partition coefficient (Wildman–Crippen LogP) is 3.32. The highest BCUT2D eigenvalue weighted by molar-refractivity contribution is 5.97. The number of hydrogen-bond acceptors (Lipinski definition) is 2. The molecule has 2 bridgehead atoms. The fraction of sp³-hybridized carbons (Fsp3) is 0.500. The van der Waals surface area contributed by atoms with Gasteiger partial charge in [-0.25, -0.2) is 0 Å². The number of fused-ring (bicyclic) bond motifs is 1. The standard InChI is InChI=1S/C20H23NO3/c1-9-6-10(2)18(11(3)7-9)21-19(22)16-12-4-5-13(15-8-14(12)15)17(16)20(23)24/h4-7,12-17H,8H2,1-3H3,(H,21,22)(H,23,24)/t12-,13-,14-,15-,16+,17-/m0/s1. The fourth-order valence-electron chi connectivity index (χ4n) is 5.15. The van der Waals surface area contributed by atoms with Crippen LogP contribution in [0.4, 0.5) is 5.69 Å². The van der Waals surface area contributed by atoms with Gasteiger partial charge in [-0.3, -0.25) is 9.59 Å². The van der Waals surface area contributed by atoms with Gasteiger partial charge in [0.05, 0.1) is 11.8 Å². The molecule has 4 heteroatoms. The molecule has 0 aromatic heterocycles. The van der Waals surface area contributed by atoms with Crippen molar-refractivity contribution < 1.29 is 14.7 Å². The van der Waals surface area contributed by atoms with E-state index in [4.69, 9.17) is 0 Å². The van der Waals surface area contributed by atoms with E-state index in [1.165, 1.54) is 0 Å². The first-order valence-electron chi connectivity index (χ1n) is 8.68. The van der Waals surface area contributed by atoms with E-state index >= 15 is 0 Å². The Morgan fingerprint density at radius 1 is 1.00 bits per heavy atom. The number of nitrogens with one attached hydrogen (secondary N) is 1. The summed E-state index contributed by atoms with van der Waals surface area (Å²) >= 11 is 0. The van der Waals surface area contributed by atoms with E-state index in [9.17, 15) is 14.7 Å². The van der Waals surface area contributed by atoms with Crippen molar-refractivity contribution in [3.05, 3.63) is 41.0 Å². The van der Waals surface area contributed by atoms with E-state index < -0.39 is 17.8 Å². The molecule has 1 amide bonds. The van der Waals surface area contributed by atoms with Gasteiger partial charge in [0.25, 0.3) is 0 Å². The average molecular weight is 325 g/mol. The third-order valence-electron chi connectivity index (χ3n) is 6.16. The highest BCUT2D eigenvalue weighted by Gasteiger charge is 2.63. The maximum absolute atomic E-state index is 13.0. The molecule has 0 saturated heterocycles. The SMILES string of the molecule is Cc1cc(C)c(NC(=O)[C@@H]2[C@H]3C=C[C@@H]([C@@H]4C[C@@H]34)[C@@H]2C(=O)O)c(C)c1. The predicted molar refractivity (Wildman–Crippen MR) is 91.6 cm³/mol. The lowest BCUT2D eigenvalue weighted by molar-refractivity contribution is -0.152. The highest BCUT2D eigenvalue weighted by Crippen LogP contribution is 2.63. The lowest BCUT2D eigenvalue weighted by Crippen LogP contribution is -2.48. The van der Waals surface area contributed by atoms with Gasteiger partial charge >= 0.3 is 5.97 Å². The summed E-state index contributed by atoms with van der Waals surface area (Å²) in [6, 6.07) is 4.09. The molecule has 6 atom stereocenters. The molecule has 4 aliphatic rings. The van der Waals surface area contributed by atoms with Gasteiger partial charge in [-0.2, -0.15) is 0 Å². The van der Waals surface area contributed by atoms with Gasteiger partial charge in [0.1, 0.15) is 0 Å². The van der Waals surface area contributed by atoms with E-state index in [0.717, 1.165) is 28.8 Å². The summed E-state index contributed by atoms with van der Waals surface area (Å²) in [5.74, 6) is -0.935. The van der Waals surface area contributed by atoms with Gasteiger partial charge in [0, 0.05) is 5.69 Å². The Bertz CT molecular complexity index is 743. The van der Waals surface area contributed by atoms with Crippen LogP contribution < -0.4 is 5.32 Å². The van der Waals surface area contributed by atoms with Crippen molar-refractivity contribution >= 4 is 17.6 Å². The Hall–Kier alpha value is -2.10. The molecule has 2 fully saturated rings. The molecule has 5 rings (SSSR count). The van der Waals surface area contributed by atoms with Gasteiger partial charge < -0.3 is 10.4 Å². The molecule has 1 aromatic rings. The molecule has 1 aromatic carbocycles. The number of allylic oxidation sites excluding steroid dienone is 2. The van der Waals surface area contributed by atoms with Crippen molar-refractivity contribution in [2.24, 2.45) is 35.5 Å². The Morgan fingerprint density at radius 3 is 2.08 bits per heavy atom. The topological polar surface area (TPSA) is 66.4 Å². The van der Waals surface area contributed by atoms with Crippen molar-refractivity contribution in [2.75, 3.05) is 5.32 Å². The number of hydrogen-bond donors (Lipinski definition) is 2. The summed E-state index contributed by atoms with van der Waals surface area (Å²) in [7, 11) is 0. The fourth-order valence-corrected chi connectivity index (χ4v) is 5.15. The van der Waals surface area contributed by atoms with Gasteiger partial charge in [-0.05, 0) is 62.0 Å². The number of anilines is 1. The number of aliphatic carboxylic acids is 1. The van der Waals surface area contributed by atoms with E-state index in [0.29, 0.717) is 11.8 Å². The molecular formula is C20H23NO3. The van der Waals surface area contributed by atoms with Crippen LogP contribution in [0, 0.1) is 56.3 Å². The molecule has 0 radical (unpaired) electrons. The molecule has 2 N–H and O–H groups in total. The Labute approximate surface area is 142 Å². The zero-order valence-corrected chi connectivity index (χ0v) is 14.2. The van der Waals surface area contributed by atoms with Crippen LogP contribution in [0.5, 0.6) is 0 Å². The maximum Gasteiger partial charge on any atom is 0.307 e. The number of carbonyl (C=O) groups is 2. The third kappa shape index (κ3) is 2.20. The van der Waals surface area contributed by atoms with Crippen molar-refractivity contribution in [1.82, 2.24) is 0 Å². The zero-order valence-electron chi connectivity index (χ0n) is 14.2. The minimum Gasteiger partial charge on any atom is -0.481 e. The number of carboxylic acids is 1. The lowest BCUT2D eigenvalue weighted by Gasteiger charge is -2.41. The molecule has 0 heterocycles. The Kier molecular flexibility index (Phi) is 3.34. The highest BCUT2D eigenvalue weighted by atomic mass is 16.4. The second-order valence-corrected chi connectivity index (χ2v) is 7.76. The summed E-state index contributed by atoms with van der Waals surface area (Å²) in [4.78, 5) is 24.9. The van der Waals surface area contributed by atoms with E-state index in [-0.39, 0.29) is 17.7 Å². The van der Waals surface area contributed by atoms with Crippen LogP contribution in [0.3, 0.4) is 0 Å². The van der Waals surface area contributed by atoms with Crippen LogP contribution in [0.15, 0.2) is 24.3 Å². The molecule has 4 nitrogen and oxygen atoms in total. The summed E-state index contributed by atoms with van der Waals surface area (Å²) < 4.78 is 0. The monoisotopic (exact) mass is 325 g/mol. The van der Waals surface area contributed by atoms with E-state index in [2.05, 4.69) is 11.4 Å².